The van der Waals surface area contributed by atoms with Crippen molar-refractivity contribution in [3.63, 3.8) is 0 Å². The fraction of sp³-hybridized carbons (Fsp3) is 0.455. The Bertz CT molecular complexity index is 601. The third-order valence-corrected chi connectivity index (χ3v) is 3.63. The predicted octanol–water partition coefficient (Wildman–Crippen LogP) is 0.617. The van der Waals surface area contributed by atoms with Gasteiger partial charge >= 0.3 is 5.97 Å². The van der Waals surface area contributed by atoms with Crippen molar-refractivity contribution >= 4 is 23.5 Å². The molecular formula is C11H12ClN3O6. The van der Waals surface area contributed by atoms with Crippen molar-refractivity contribution in [1.29, 1.82) is 0 Å². The van der Waals surface area contributed by atoms with E-state index < -0.39 is 28.9 Å². The van der Waals surface area contributed by atoms with Gasteiger partial charge in [0.2, 0.25) is 6.04 Å². The zero-order chi connectivity index (χ0) is 15.7. The molecule has 1 amide bonds. The molecule has 1 aliphatic carbocycles. The van der Waals surface area contributed by atoms with Crippen molar-refractivity contribution in [2.24, 2.45) is 5.92 Å². The van der Waals surface area contributed by atoms with Crippen LogP contribution in [-0.2, 0) is 4.79 Å². The molecule has 3 atom stereocenters. The molecule has 2 rings (SSSR count). The number of aromatic nitrogens is 1. The normalized spacial score (nSPS) is 21.6. The lowest BCUT2D eigenvalue weighted by Crippen LogP contribution is -2.42. The first-order chi connectivity index (χ1) is 9.81. The van der Waals surface area contributed by atoms with E-state index in [0.29, 0.717) is 11.2 Å². The average Bonchev–Trinajstić information content (AvgIpc) is 3.09. The summed E-state index contributed by atoms with van der Waals surface area (Å²) in [7, 11) is 0. The van der Waals surface area contributed by atoms with Crippen molar-refractivity contribution in [2.75, 3.05) is 0 Å². The Balaban J connectivity index is 2.00. The van der Waals surface area contributed by atoms with Crippen molar-refractivity contribution < 1.29 is 24.8 Å². The summed E-state index contributed by atoms with van der Waals surface area (Å²) >= 11 is 5.56. The van der Waals surface area contributed by atoms with Gasteiger partial charge in [-0.1, -0.05) is 11.6 Å². The molecular weight excluding hydrogens is 306 g/mol. The summed E-state index contributed by atoms with van der Waals surface area (Å²) in [5, 5.41) is 31.2. The van der Waals surface area contributed by atoms with Crippen LogP contribution in [0.5, 0.6) is 0 Å². The lowest BCUT2D eigenvalue weighted by Gasteiger charge is -2.13. The monoisotopic (exact) mass is 317 g/mol. The van der Waals surface area contributed by atoms with Crippen LogP contribution in [0.2, 0.25) is 5.15 Å². The van der Waals surface area contributed by atoms with Crippen molar-refractivity contribution in [3.05, 3.63) is 33.1 Å². The molecule has 1 saturated carbocycles. The van der Waals surface area contributed by atoms with E-state index >= 15 is 0 Å². The van der Waals surface area contributed by atoms with Crippen LogP contribution in [0.3, 0.4) is 0 Å². The van der Waals surface area contributed by atoms with Crippen LogP contribution in [0, 0.1) is 16.0 Å². The number of carbonyl (C=O) groups excluding carboxylic acids is 1. The Morgan fingerprint density at radius 2 is 2.24 bits per heavy atom. The van der Waals surface area contributed by atoms with Gasteiger partial charge in [0, 0.05) is 17.3 Å². The number of hydrogen-bond donors (Lipinski definition) is 3. The maximum absolute atomic E-state index is 11.9. The molecule has 21 heavy (non-hydrogen) atoms. The van der Waals surface area contributed by atoms with Crippen LogP contribution in [0.25, 0.3) is 0 Å². The summed E-state index contributed by atoms with van der Waals surface area (Å²) < 4.78 is 0.423. The minimum Gasteiger partial charge on any atom is -0.480 e. The topological polar surface area (TPSA) is 135 Å². The van der Waals surface area contributed by atoms with E-state index in [2.05, 4.69) is 5.32 Å². The largest absolute Gasteiger partial charge is 0.480 e. The number of hydrogen-bond acceptors (Lipinski definition) is 5. The van der Waals surface area contributed by atoms with Gasteiger partial charge in [-0.2, -0.15) is 4.73 Å². The Labute approximate surface area is 123 Å². The number of rotatable bonds is 6. The highest BCUT2D eigenvalue weighted by Crippen LogP contribution is 2.37. The second-order valence-electron chi connectivity index (χ2n) is 4.80. The first-order valence-electron chi connectivity index (χ1n) is 6.05. The summed E-state index contributed by atoms with van der Waals surface area (Å²) in [5.74, 6) is -2.49. The smallest absolute Gasteiger partial charge is 0.326 e. The Hall–Kier alpha value is -2.29. The molecule has 10 heteroatoms. The zero-order valence-electron chi connectivity index (χ0n) is 10.6. The molecule has 0 saturated heterocycles. The maximum atomic E-state index is 11.9. The van der Waals surface area contributed by atoms with Gasteiger partial charge in [0.25, 0.3) is 5.91 Å². The molecule has 3 N–H and O–H groups in total. The lowest BCUT2D eigenvalue weighted by atomic mass is 10.1. The molecule has 1 heterocycles. The third kappa shape index (κ3) is 3.24. The van der Waals surface area contributed by atoms with E-state index in [1.54, 1.807) is 0 Å². The molecule has 1 fully saturated rings. The van der Waals surface area contributed by atoms with Gasteiger partial charge in [0.15, 0.2) is 0 Å². The van der Waals surface area contributed by atoms with Crippen molar-refractivity contribution in [1.82, 2.24) is 10.0 Å². The second kappa shape index (κ2) is 5.60. The van der Waals surface area contributed by atoms with Crippen LogP contribution >= 0.6 is 11.6 Å². The molecule has 0 aliphatic heterocycles. The van der Waals surface area contributed by atoms with E-state index in [0.717, 1.165) is 0 Å². The Kier molecular flexibility index (Phi) is 4.03. The number of aliphatic carboxylic acids is 1. The van der Waals surface area contributed by atoms with Crippen molar-refractivity contribution in [3.8, 4) is 0 Å². The predicted molar refractivity (Wildman–Crippen MR) is 69.0 cm³/mol. The minimum absolute atomic E-state index is 0.0351. The number of carboxylic acid groups (broad SMARTS) is 1. The summed E-state index contributed by atoms with van der Waals surface area (Å²) in [4.78, 5) is 33.1. The van der Waals surface area contributed by atoms with Crippen LogP contribution in [-0.4, -0.2) is 43.9 Å². The molecule has 0 radical (unpaired) electrons. The number of halogens is 1. The third-order valence-electron chi connectivity index (χ3n) is 3.34. The molecule has 9 nitrogen and oxygen atoms in total. The van der Waals surface area contributed by atoms with E-state index in [1.807, 2.05) is 0 Å². The summed E-state index contributed by atoms with van der Waals surface area (Å²) in [6.45, 7) is 0. The molecule has 0 bridgehead atoms. The van der Waals surface area contributed by atoms with Crippen LogP contribution in [0.1, 0.15) is 23.3 Å². The van der Waals surface area contributed by atoms with Crippen LogP contribution in [0.4, 0.5) is 0 Å². The highest BCUT2D eigenvalue weighted by Gasteiger charge is 2.49. The van der Waals surface area contributed by atoms with E-state index in [4.69, 9.17) is 16.7 Å². The fourth-order valence-corrected chi connectivity index (χ4v) is 2.23. The number of nitrogens with one attached hydrogen (secondary N) is 1. The SMILES string of the molecule is O=C(N[C@@H](C[C@@H]1C[C@H]1[N+](=O)[O-])C(=O)O)c1ccc(Cl)n1O. The first-order valence-corrected chi connectivity index (χ1v) is 6.42. The molecule has 1 aromatic heterocycles. The van der Waals surface area contributed by atoms with Gasteiger partial charge in [0.1, 0.15) is 16.9 Å². The number of carbonyl (C=O) groups is 2. The summed E-state index contributed by atoms with van der Waals surface area (Å²) in [6, 6.07) is 0.490. The van der Waals surface area contributed by atoms with Crippen molar-refractivity contribution in [2.45, 2.75) is 24.9 Å². The summed E-state index contributed by atoms with van der Waals surface area (Å²) in [5.41, 5.74) is -0.215. The Morgan fingerprint density at radius 3 is 2.67 bits per heavy atom. The second-order valence-corrected chi connectivity index (χ2v) is 5.19. The van der Waals surface area contributed by atoms with Gasteiger partial charge < -0.3 is 15.6 Å². The maximum Gasteiger partial charge on any atom is 0.326 e. The van der Waals surface area contributed by atoms with Gasteiger partial charge in [-0.3, -0.25) is 14.9 Å². The number of amides is 1. The van der Waals surface area contributed by atoms with Crippen LogP contribution in [0.15, 0.2) is 12.1 Å². The zero-order valence-corrected chi connectivity index (χ0v) is 11.4. The quantitative estimate of drug-likeness (QED) is 0.400. The number of nitro groups is 1. The van der Waals surface area contributed by atoms with Gasteiger partial charge in [-0.15, -0.1) is 0 Å². The molecule has 114 valence electrons. The van der Waals surface area contributed by atoms with Gasteiger partial charge in [-0.05, 0) is 18.6 Å². The van der Waals surface area contributed by atoms with E-state index in [1.165, 1.54) is 12.1 Å². The lowest BCUT2D eigenvalue weighted by molar-refractivity contribution is -0.498. The molecule has 0 unspecified atom stereocenters. The minimum atomic E-state index is -1.29. The fourth-order valence-electron chi connectivity index (χ4n) is 2.08. The standard InChI is InChI=1S/C11H12ClN3O6/c12-9-2-1-7(14(9)19)10(16)13-6(11(17)18)3-5-4-8(5)15(20)21/h1-2,5-6,8,19H,3-4H2,(H,13,16)(H,17,18)/t5-,6+,8-/m1/s1. The average molecular weight is 318 g/mol. The van der Waals surface area contributed by atoms with Crippen LogP contribution < -0.4 is 5.32 Å². The van der Waals surface area contributed by atoms with E-state index in [9.17, 15) is 24.9 Å². The Morgan fingerprint density at radius 1 is 1.57 bits per heavy atom. The number of carboxylic acids is 1. The molecule has 0 spiro atoms. The highest BCUT2D eigenvalue weighted by atomic mass is 35.5. The highest BCUT2D eigenvalue weighted by molar-refractivity contribution is 6.29. The number of nitrogens with zero attached hydrogens (tertiary/aromatic N) is 2. The molecule has 1 aliphatic rings. The van der Waals surface area contributed by atoms with Gasteiger partial charge in [-0.25, -0.2) is 4.79 Å². The first kappa shape index (κ1) is 15.1. The van der Waals surface area contributed by atoms with Gasteiger partial charge in [0.05, 0.1) is 0 Å². The van der Waals surface area contributed by atoms with E-state index in [-0.39, 0.29) is 23.2 Å². The summed E-state index contributed by atoms with van der Waals surface area (Å²) in [6.07, 6.45) is 0.265. The molecule has 1 aromatic rings. The molecule has 0 aromatic carbocycles.